The predicted molar refractivity (Wildman–Crippen MR) is 362 cm³/mol. The molecule has 0 heterocycles. The molecule has 2 saturated carbocycles. The van der Waals surface area contributed by atoms with Crippen LogP contribution in [0.15, 0.2) is 229 Å². The number of benzene rings is 12. The van der Waals surface area contributed by atoms with E-state index in [9.17, 15) is 0 Å². The van der Waals surface area contributed by atoms with Gasteiger partial charge in [0.25, 0.3) is 0 Å². The molecule has 4 nitrogen and oxygen atoms in total. The van der Waals surface area contributed by atoms with Crippen molar-refractivity contribution in [2.45, 2.75) is 89.4 Å². The Hall–Kier alpha value is -7.31. The Balaban J connectivity index is 0.000000121. The molecule has 2 aliphatic rings. The molecule has 0 radical (unpaired) electrons. The second kappa shape index (κ2) is 26.9. The van der Waals surface area contributed by atoms with Crippen LogP contribution in [-0.4, -0.2) is 42.7 Å². The smallest absolute Gasteiger partial charge is 0.488 e. The molecule has 12 aromatic carbocycles. The minimum Gasteiger partial charge on any atom is -0.497 e. The lowest BCUT2D eigenvalue weighted by atomic mass is 9.80. The van der Waals surface area contributed by atoms with Gasteiger partial charge in [0.1, 0.15) is 11.5 Å². The fraction of sp³-hybridized carbons (Fsp3) is 0.211. The predicted octanol–water partition coefficient (Wildman–Crippen LogP) is 19.8. The van der Waals surface area contributed by atoms with Crippen molar-refractivity contribution in [1.82, 2.24) is 0 Å². The van der Waals surface area contributed by atoms with Gasteiger partial charge in [0.2, 0.25) is 0 Å². The van der Waals surface area contributed by atoms with Crippen molar-refractivity contribution in [1.29, 1.82) is 0 Å². The molecule has 416 valence electrons. The number of methoxy groups -OCH3 is 2. The molecule has 83 heavy (non-hydrogen) atoms. The molecule has 7 heteroatoms. The van der Waals surface area contributed by atoms with E-state index in [1.54, 1.807) is 29.6 Å². The third-order valence-corrected chi connectivity index (χ3v) is 21.1. The van der Waals surface area contributed by atoms with Crippen LogP contribution in [0.1, 0.15) is 75.3 Å². The Morgan fingerprint density at radius 2 is 0.867 bits per heavy atom. The van der Waals surface area contributed by atoms with Gasteiger partial charge in [-0.15, -0.1) is 0 Å². The zero-order chi connectivity index (χ0) is 57.2. The summed E-state index contributed by atoms with van der Waals surface area (Å²) in [5.41, 5.74) is 10.2. The molecule has 0 unspecified atom stereocenters. The van der Waals surface area contributed by atoms with Crippen LogP contribution >= 0.6 is 23.9 Å². The zero-order valence-electron chi connectivity index (χ0n) is 48.2. The van der Waals surface area contributed by atoms with Crippen LogP contribution in [0, 0.1) is 13.8 Å². The summed E-state index contributed by atoms with van der Waals surface area (Å²) in [6.45, 7) is 4.38. The summed E-state index contributed by atoms with van der Waals surface area (Å²) in [6, 6.07) is 79.3. The number of aryl methyl sites for hydroxylation is 2. The van der Waals surface area contributed by atoms with Crippen LogP contribution in [0.3, 0.4) is 0 Å². The van der Waals surface area contributed by atoms with E-state index < -0.39 is 7.12 Å². The van der Waals surface area contributed by atoms with Crippen LogP contribution in [0.2, 0.25) is 0 Å². The molecule has 0 saturated heterocycles. The summed E-state index contributed by atoms with van der Waals surface area (Å²) in [4.78, 5) is 0. The first-order valence-corrected chi connectivity index (χ1v) is 31.9. The number of halogens is 1. The minimum atomic E-state index is -1.43. The lowest BCUT2D eigenvalue weighted by molar-refractivity contribution is 0.412. The van der Waals surface area contributed by atoms with Crippen molar-refractivity contribution in [3.63, 3.8) is 0 Å². The van der Waals surface area contributed by atoms with E-state index in [1.807, 2.05) is 7.11 Å². The Morgan fingerprint density at radius 1 is 0.410 bits per heavy atom. The van der Waals surface area contributed by atoms with Crippen molar-refractivity contribution in [2.75, 3.05) is 14.2 Å². The van der Waals surface area contributed by atoms with Gasteiger partial charge in [0, 0.05) is 10.0 Å². The average Bonchev–Trinajstić information content (AvgIpc) is 3.63. The molecule has 12 aromatic rings. The summed E-state index contributed by atoms with van der Waals surface area (Å²) in [6.07, 6.45) is 14.4. The van der Waals surface area contributed by atoms with Crippen LogP contribution < -0.4 is 20.2 Å². The maximum Gasteiger partial charge on any atom is 0.488 e. The quantitative estimate of drug-likeness (QED) is 0.0904. The molecular weight excluding hydrogens is 1100 g/mol. The van der Waals surface area contributed by atoms with Crippen molar-refractivity contribution >= 4 is 106 Å². The average molecular weight is 1170 g/mol. The molecule has 14 rings (SSSR count). The highest BCUT2D eigenvalue weighted by atomic mass is 79.9. The van der Waals surface area contributed by atoms with Gasteiger partial charge >= 0.3 is 7.12 Å². The van der Waals surface area contributed by atoms with E-state index >= 15 is 0 Å². The number of fused-ring (bicyclic) bond motifs is 12. The van der Waals surface area contributed by atoms with Gasteiger partial charge in [0.05, 0.1) is 14.2 Å². The first-order valence-electron chi connectivity index (χ1n) is 29.6. The van der Waals surface area contributed by atoms with Crippen LogP contribution in [0.4, 0.5) is 0 Å². The molecule has 2 aliphatic carbocycles. The van der Waals surface area contributed by atoms with Crippen LogP contribution in [-0.2, 0) is 0 Å². The first kappa shape index (κ1) is 57.5. The molecule has 0 spiro atoms. The van der Waals surface area contributed by atoms with E-state index in [2.05, 4.69) is 230 Å². The number of hydrogen-bond acceptors (Lipinski definition) is 4. The molecule has 0 amide bonds. The van der Waals surface area contributed by atoms with Gasteiger partial charge in [-0.05, 0) is 185 Å². The summed E-state index contributed by atoms with van der Waals surface area (Å²) in [7, 11) is 1.79. The molecular formula is C76H73BBrO4P. The Bertz CT molecular complexity index is 4110. The van der Waals surface area contributed by atoms with Gasteiger partial charge in [-0.1, -0.05) is 256 Å². The molecule has 0 bridgehead atoms. The highest BCUT2D eigenvalue weighted by molar-refractivity contribution is 9.10. The topological polar surface area (TPSA) is 58.9 Å². The van der Waals surface area contributed by atoms with Gasteiger partial charge in [0.15, 0.2) is 0 Å². The van der Waals surface area contributed by atoms with Crippen molar-refractivity contribution in [2.24, 2.45) is 0 Å². The van der Waals surface area contributed by atoms with Crippen molar-refractivity contribution in [3.05, 3.63) is 240 Å². The summed E-state index contributed by atoms with van der Waals surface area (Å²) >= 11 is 3.58. The van der Waals surface area contributed by atoms with E-state index in [0.717, 1.165) is 21.5 Å². The molecule has 2 N–H and O–H groups in total. The van der Waals surface area contributed by atoms with Gasteiger partial charge in [-0.25, -0.2) is 0 Å². The standard InChI is InChI=1S/C26H35OP.C25H18.C18H11Br.C7H9BO3/c1-20-12-11-18-24(27-2)26(20)23-17-9-10-19-25(23)28(21-13-5-3-6-14-21)22-15-7-4-8-16-22;1-17-7-6-8-18(15-17)19-13-14-24-22-11-3-2-9-20(22)21-10-4-5-12-23(21)25(24)16-19;19-12-9-10-17-15-7-2-1-5-13(15)14-6-3-4-8-16(14)18(17)11-12;1-11-7-4-2-3-6(5-7)8(9)10/h9-12,17-19,21-22H,3-8,13-16H2,1-2H3;2-16H,1H3;1-11H;2-5,9-10H,1H3. The number of rotatable bonds is 8. The zero-order valence-corrected chi connectivity index (χ0v) is 50.7. The first-order chi connectivity index (χ1) is 40.7. The lowest BCUT2D eigenvalue weighted by Gasteiger charge is -2.39. The second-order valence-corrected chi connectivity index (χ2v) is 26.0. The van der Waals surface area contributed by atoms with E-state index in [4.69, 9.17) is 19.5 Å². The highest BCUT2D eigenvalue weighted by Crippen LogP contribution is 2.57. The van der Waals surface area contributed by atoms with Crippen molar-refractivity contribution < 1.29 is 19.5 Å². The molecule has 2 fully saturated rings. The fourth-order valence-electron chi connectivity index (χ4n) is 13.1. The molecule has 0 aliphatic heterocycles. The maximum atomic E-state index is 8.74. The van der Waals surface area contributed by atoms with E-state index in [-0.39, 0.29) is 7.92 Å². The Labute approximate surface area is 500 Å². The summed E-state index contributed by atoms with van der Waals surface area (Å²) in [5, 5.41) is 35.0. The number of ether oxygens (including phenoxy) is 2. The third kappa shape index (κ3) is 12.8. The third-order valence-electron chi connectivity index (χ3n) is 17.0. The second-order valence-electron chi connectivity index (χ2n) is 22.3. The Kier molecular flexibility index (Phi) is 18.7. The largest absolute Gasteiger partial charge is 0.497 e. The monoisotopic (exact) mass is 1170 g/mol. The van der Waals surface area contributed by atoms with E-state index in [0.29, 0.717) is 11.2 Å². The normalized spacial score (nSPS) is 13.7. The summed E-state index contributed by atoms with van der Waals surface area (Å²) in [5.74, 6) is 1.64. The highest BCUT2D eigenvalue weighted by Gasteiger charge is 2.34. The van der Waals surface area contributed by atoms with Gasteiger partial charge in [-0.3, -0.25) is 0 Å². The van der Waals surface area contributed by atoms with Gasteiger partial charge < -0.3 is 19.5 Å². The van der Waals surface area contributed by atoms with Crippen molar-refractivity contribution in [3.8, 4) is 33.8 Å². The molecule has 0 aromatic heterocycles. The SMILES string of the molecule is Brc1ccc2c3ccccc3c3ccccc3c2c1.COc1cccc(B(O)O)c1.COc1cccc(C)c1-c1ccccc1P(C1CCCCC1)C1CCCCC1.Cc1cccc(-c2ccc3c4ccccc4c4ccccc4c3c2)c1. The molecule has 0 atom stereocenters. The fourth-order valence-corrected chi connectivity index (χ4v) is 17.4. The Morgan fingerprint density at radius 3 is 1.39 bits per heavy atom. The van der Waals surface area contributed by atoms with E-state index in [1.165, 1.54) is 169 Å². The lowest BCUT2D eigenvalue weighted by Crippen LogP contribution is -2.29. The van der Waals surface area contributed by atoms with Crippen LogP contribution in [0.25, 0.3) is 86.9 Å². The minimum absolute atomic E-state index is 0.122. The van der Waals surface area contributed by atoms with Gasteiger partial charge in [-0.2, -0.15) is 0 Å². The van der Waals surface area contributed by atoms with Crippen LogP contribution in [0.5, 0.6) is 11.5 Å². The maximum absolute atomic E-state index is 8.74. The summed E-state index contributed by atoms with van der Waals surface area (Å²) < 4.78 is 11.8. The number of hydrogen-bond donors (Lipinski definition) is 2.